The molecule has 1 saturated heterocycles. The molecule has 1 N–H and O–H groups in total. The Hall–Kier alpha value is -0.670. The number of rotatable bonds is 4. The molecule has 0 spiro atoms. The van der Waals surface area contributed by atoms with Crippen LogP contribution < -0.4 is 5.32 Å². The maximum absolute atomic E-state index is 11.9. The van der Waals surface area contributed by atoms with Gasteiger partial charge in [0.2, 0.25) is 0 Å². The molecule has 2 unspecified atom stereocenters. The van der Waals surface area contributed by atoms with Gasteiger partial charge in [-0.05, 0) is 36.8 Å². The van der Waals surface area contributed by atoms with Gasteiger partial charge >= 0.3 is 0 Å². The first-order valence-electron chi connectivity index (χ1n) is 6.09. The first kappa shape index (κ1) is 11.8. The van der Waals surface area contributed by atoms with Crippen LogP contribution in [0.3, 0.4) is 0 Å². The first-order chi connectivity index (χ1) is 7.79. The molecule has 1 fully saturated rings. The van der Waals surface area contributed by atoms with E-state index in [4.69, 9.17) is 0 Å². The Bertz CT molecular complexity index is 334. The maximum Gasteiger partial charge on any atom is 0.174 e. The lowest BCUT2D eigenvalue weighted by atomic mass is 9.88. The summed E-state index contributed by atoms with van der Waals surface area (Å²) in [6.07, 6.45) is 4.33. The van der Waals surface area contributed by atoms with Gasteiger partial charge < -0.3 is 5.32 Å². The van der Waals surface area contributed by atoms with Crippen LogP contribution in [-0.2, 0) is 0 Å². The molecule has 2 rings (SSSR count). The van der Waals surface area contributed by atoms with Gasteiger partial charge in [0.15, 0.2) is 5.78 Å². The molecule has 1 aliphatic rings. The zero-order valence-corrected chi connectivity index (χ0v) is 10.6. The zero-order valence-electron chi connectivity index (χ0n) is 9.74. The summed E-state index contributed by atoms with van der Waals surface area (Å²) in [4.78, 5) is 12.8. The van der Waals surface area contributed by atoms with Crippen molar-refractivity contribution in [2.75, 3.05) is 6.54 Å². The van der Waals surface area contributed by atoms with E-state index in [1.807, 2.05) is 17.5 Å². The number of thiophene rings is 1. The highest BCUT2D eigenvalue weighted by atomic mass is 32.1. The summed E-state index contributed by atoms with van der Waals surface area (Å²) in [6, 6.07) is 4.27. The Morgan fingerprint density at radius 2 is 2.50 bits per heavy atom. The quantitative estimate of drug-likeness (QED) is 0.815. The van der Waals surface area contributed by atoms with Crippen LogP contribution in [0.2, 0.25) is 0 Å². The van der Waals surface area contributed by atoms with Crippen LogP contribution in [0.25, 0.3) is 0 Å². The third-order valence-electron chi connectivity index (χ3n) is 3.41. The van der Waals surface area contributed by atoms with E-state index in [9.17, 15) is 4.79 Å². The third-order valence-corrected chi connectivity index (χ3v) is 4.32. The lowest BCUT2D eigenvalue weighted by Gasteiger charge is -2.29. The van der Waals surface area contributed by atoms with Crippen molar-refractivity contribution in [3.05, 3.63) is 22.4 Å². The first-order valence-corrected chi connectivity index (χ1v) is 6.97. The third kappa shape index (κ3) is 2.92. The van der Waals surface area contributed by atoms with E-state index in [0.29, 0.717) is 18.2 Å². The summed E-state index contributed by atoms with van der Waals surface area (Å²) in [7, 11) is 0. The molecule has 1 aromatic heterocycles. The molecule has 0 aliphatic carbocycles. The van der Waals surface area contributed by atoms with Gasteiger partial charge in [-0.3, -0.25) is 4.79 Å². The zero-order chi connectivity index (χ0) is 11.4. The summed E-state index contributed by atoms with van der Waals surface area (Å²) in [5, 5.41) is 5.43. The van der Waals surface area contributed by atoms with Crippen molar-refractivity contribution in [1.82, 2.24) is 5.32 Å². The van der Waals surface area contributed by atoms with Crippen LogP contribution in [0.5, 0.6) is 0 Å². The maximum atomic E-state index is 11.9. The van der Waals surface area contributed by atoms with E-state index in [2.05, 4.69) is 12.2 Å². The van der Waals surface area contributed by atoms with E-state index in [0.717, 1.165) is 23.8 Å². The lowest BCUT2D eigenvalue weighted by molar-refractivity contribution is 0.0961. The van der Waals surface area contributed by atoms with Crippen LogP contribution in [0.15, 0.2) is 17.5 Å². The van der Waals surface area contributed by atoms with Crippen LogP contribution in [-0.4, -0.2) is 18.4 Å². The van der Waals surface area contributed by atoms with Crippen LogP contribution >= 0.6 is 11.3 Å². The van der Waals surface area contributed by atoms with Crippen molar-refractivity contribution in [3.63, 3.8) is 0 Å². The number of nitrogens with one attached hydrogen (secondary N) is 1. The summed E-state index contributed by atoms with van der Waals surface area (Å²) >= 11 is 1.55. The Balaban J connectivity index is 1.87. The molecule has 3 heteroatoms. The normalized spacial score (nSPS) is 25.6. The highest BCUT2D eigenvalue weighted by molar-refractivity contribution is 7.12. The fourth-order valence-electron chi connectivity index (χ4n) is 2.38. The molecule has 16 heavy (non-hydrogen) atoms. The molecule has 0 saturated carbocycles. The van der Waals surface area contributed by atoms with Gasteiger partial charge in [0.1, 0.15) is 0 Å². The summed E-state index contributed by atoms with van der Waals surface area (Å²) in [5.41, 5.74) is 0. The Kier molecular flexibility index (Phi) is 4.13. The molecule has 2 heterocycles. The molecular formula is C13H19NOS. The van der Waals surface area contributed by atoms with Gasteiger partial charge in [-0.2, -0.15) is 0 Å². The fraction of sp³-hybridized carbons (Fsp3) is 0.615. The second-order valence-electron chi connectivity index (χ2n) is 4.55. The minimum Gasteiger partial charge on any atom is -0.314 e. The van der Waals surface area contributed by atoms with Crippen molar-refractivity contribution in [2.45, 2.75) is 38.6 Å². The van der Waals surface area contributed by atoms with Crippen LogP contribution in [0.1, 0.15) is 42.3 Å². The van der Waals surface area contributed by atoms with E-state index < -0.39 is 0 Å². The van der Waals surface area contributed by atoms with Crippen LogP contribution in [0.4, 0.5) is 0 Å². The minimum absolute atomic E-state index is 0.296. The molecular weight excluding hydrogens is 218 g/mol. The van der Waals surface area contributed by atoms with Crippen molar-refractivity contribution in [2.24, 2.45) is 5.92 Å². The van der Waals surface area contributed by atoms with E-state index >= 15 is 0 Å². The molecule has 2 nitrogen and oxygen atoms in total. The smallest absolute Gasteiger partial charge is 0.174 e. The number of piperidine rings is 1. The topological polar surface area (TPSA) is 29.1 Å². The lowest BCUT2D eigenvalue weighted by Crippen LogP contribution is -2.39. The summed E-state index contributed by atoms with van der Waals surface area (Å²) in [5.74, 6) is 1.10. The number of carbonyl (C=O) groups excluding carboxylic acids is 1. The van der Waals surface area contributed by atoms with E-state index in [1.165, 1.54) is 12.8 Å². The molecule has 0 amide bonds. The second-order valence-corrected chi connectivity index (χ2v) is 5.50. The predicted molar refractivity (Wildman–Crippen MR) is 68.1 cm³/mol. The number of carbonyl (C=O) groups is 1. The Morgan fingerprint density at radius 1 is 1.62 bits per heavy atom. The number of hydrogen-bond donors (Lipinski definition) is 1. The SMILES string of the molecule is CCC1CCNC(CC(=O)c2cccs2)C1. The van der Waals surface area contributed by atoms with Gasteiger partial charge in [0.25, 0.3) is 0 Å². The van der Waals surface area contributed by atoms with Crippen molar-refractivity contribution < 1.29 is 4.79 Å². The second kappa shape index (κ2) is 5.60. The molecule has 0 bridgehead atoms. The summed E-state index contributed by atoms with van der Waals surface area (Å²) < 4.78 is 0. The highest BCUT2D eigenvalue weighted by Gasteiger charge is 2.22. The van der Waals surface area contributed by atoms with E-state index in [-0.39, 0.29) is 0 Å². The van der Waals surface area contributed by atoms with Gasteiger partial charge in [-0.25, -0.2) is 0 Å². The molecule has 2 atom stereocenters. The molecule has 88 valence electrons. The minimum atomic E-state index is 0.296. The average molecular weight is 237 g/mol. The van der Waals surface area contributed by atoms with Crippen LogP contribution in [0, 0.1) is 5.92 Å². The average Bonchev–Trinajstić information content (AvgIpc) is 2.83. The summed E-state index contributed by atoms with van der Waals surface area (Å²) in [6.45, 7) is 3.31. The van der Waals surface area contributed by atoms with Gasteiger partial charge in [-0.1, -0.05) is 19.4 Å². The van der Waals surface area contributed by atoms with Gasteiger partial charge in [0.05, 0.1) is 4.88 Å². The van der Waals surface area contributed by atoms with E-state index in [1.54, 1.807) is 11.3 Å². The monoisotopic (exact) mass is 237 g/mol. The van der Waals surface area contributed by atoms with Gasteiger partial charge in [0, 0.05) is 12.5 Å². The van der Waals surface area contributed by atoms with Crippen molar-refractivity contribution in [3.8, 4) is 0 Å². The number of ketones is 1. The number of hydrogen-bond acceptors (Lipinski definition) is 3. The Morgan fingerprint density at radius 3 is 3.19 bits per heavy atom. The number of Topliss-reactive ketones (excluding diaryl/α,β-unsaturated/α-hetero) is 1. The predicted octanol–water partition coefficient (Wildman–Crippen LogP) is 3.10. The Labute approximate surface area is 101 Å². The fourth-order valence-corrected chi connectivity index (χ4v) is 3.06. The molecule has 0 radical (unpaired) electrons. The van der Waals surface area contributed by atoms with Crippen molar-refractivity contribution >= 4 is 17.1 Å². The molecule has 0 aromatic carbocycles. The standard InChI is InChI=1S/C13H19NOS/c1-2-10-5-6-14-11(8-10)9-12(15)13-4-3-7-16-13/h3-4,7,10-11,14H,2,5-6,8-9H2,1H3. The van der Waals surface area contributed by atoms with Crippen molar-refractivity contribution in [1.29, 1.82) is 0 Å². The van der Waals surface area contributed by atoms with Gasteiger partial charge in [-0.15, -0.1) is 11.3 Å². The highest BCUT2D eigenvalue weighted by Crippen LogP contribution is 2.22. The molecule has 1 aliphatic heterocycles. The largest absolute Gasteiger partial charge is 0.314 e. The molecule has 1 aromatic rings.